The Morgan fingerprint density at radius 2 is 1.75 bits per heavy atom. The number of ether oxygens (including phenoxy) is 2. The van der Waals surface area contributed by atoms with Gasteiger partial charge in [0.05, 0.1) is 13.2 Å². The fraction of sp³-hybridized carbons (Fsp3) is 0.875. The second kappa shape index (κ2) is 7.21. The molecule has 0 radical (unpaired) electrons. The molecular formula is C24H38O4. The van der Waals surface area contributed by atoms with Crippen molar-refractivity contribution >= 4 is 5.78 Å². The highest BCUT2D eigenvalue weighted by Gasteiger charge is 2.60. The number of rotatable bonds is 2. The van der Waals surface area contributed by atoms with Gasteiger partial charge in [-0.2, -0.15) is 0 Å². The van der Waals surface area contributed by atoms with Gasteiger partial charge in [0.2, 0.25) is 0 Å². The number of allylic oxidation sites excluding steroid dienone is 1. The van der Waals surface area contributed by atoms with E-state index in [-0.39, 0.29) is 11.8 Å². The Hall–Kier alpha value is -0.710. The summed E-state index contributed by atoms with van der Waals surface area (Å²) in [4.78, 5) is 12.0. The lowest BCUT2D eigenvalue weighted by molar-refractivity contribution is -0.126. The predicted octanol–water partition coefficient (Wildman–Crippen LogP) is 4.32. The molecular weight excluding hydrogens is 352 g/mol. The summed E-state index contributed by atoms with van der Waals surface area (Å²) in [6.07, 6.45) is 11.8. The monoisotopic (exact) mass is 390 g/mol. The van der Waals surface area contributed by atoms with Crippen LogP contribution in [-0.4, -0.2) is 30.8 Å². The molecule has 3 saturated carbocycles. The number of carbonyl (C=O) groups excluding carboxylic acids is 1. The Balaban J connectivity index is 0.00000192. The minimum atomic E-state index is 0. The zero-order valence-corrected chi connectivity index (χ0v) is 17.8. The van der Waals surface area contributed by atoms with Crippen LogP contribution in [0.4, 0.5) is 0 Å². The van der Waals surface area contributed by atoms with Crippen molar-refractivity contribution in [3.63, 3.8) is 0 Å². The third kappa shape index (κ3) is 2.86. The maximum atomic E-state index is 12.0. The molecule has 4 nitrogen and oxygen atoms in total. The molecule has 0 aromatic carbocycles. The van der Waals surface area contributed by atoms with E-state index in [1.54, 1.807) is 0 Å². The van der Waals surface area contributed by atoms with E-state index in [4.69, 9.17) is 9.47 Å². The fourth-order valence-electron chi connectivity index (χ4n) is 8.33. The third-order valence-electron chi connectivity index (χ3n) is 9.75. The zero-order valence-electron chi connectivity index (χ0n) is 17.8. The van der Waals surface area contributed by atoms with Gasteiger partial charge in [-0.3, -0.25) is 4.79 Å². The van der Waals surface area contributed by atoms with Crippen LogP contribution < -0.4 is 0 Å². The predicted molar refractivity (Wildman–Crippen MR) is 109 cm³/mol. The molecule has 7 atom stereocenters. The van der Waals surface area contributed by atoms with Gasteiger partial charge in [-0.1, -0.05) is 26.3 Å². The summed E-state index contributed by atoms with van der Waals surface area (Å²) in [5.74, 6) is 4.08. The van der Waals surface area contributed by atoms with Gasteiger partial charge in [0.1, 0.15) is 0 Å². The van der Waals surface area contributed by atoms with Gasteiger partial charge in [0, 0.05) is 12.3 Å². The SMILES string of the molecule is CC(C1OCCO1)[C@H]1CCC2C3CCC4=CC(=O)CC[C@]4(C)C3CC[C@@]21C.O. The minimum absolute atomic E-state index is 0. The van der Waals surface area contributed by atoms with Crippen LogP contribution in [0.2, 0.25) is 0 Å². The summed E-state index contributed by atoms with van der Waals surface area (Å²) in [6, 6.07) is 0. The third-order valence-corrected chi connectivity index (χ3v) is 9.75. The quantitative estimate of drug-likeness (QED) is 0.705. The maximum absolute atomic E-state index is 12.0. The molecule has 5 aliphatic rings. The molecule has 0 spiro atoms. The molecule has 2 N–H and O–H groups in total. The van der Waals surface area contributed by atoms with Gasteiger partial charge < -0.3 is 14.9 Å². The number of hydrogen-bond acceptors (Lipinski definition) is 3. The van der Waals surface area contributed by atoms with Crippen LogP contribution >= 0.6 is 0 Å². The van der Waals surface area contributed by atoms with Gasteiger partial charge >= 0.3 is 0 Å². The minimum Gasteiger partial charge on any atom is -0.412 e. The van der Waals surface area contributed by atoms with Crippen LogP contribution in [0.3, 0.4) is 0 Å². The molecule has 4 fully saturated rings. The molecule has 0 amide bonds. The van der Waals surface area contributed by atoms with Crippen molar-refractivity contribution in [3.8, 4) is 0 Å². The van der Waals surface area contributed by atoms with E-state index >= 15 is 0 Å². The second-order valence-corrected chi connectivity index (χ2v) is 10.7. The highest BCUT2D eigenvalue weighted by Crippen LogP contribution is 2.67. The van der Waals surface area contributed by atoms with Crippen molar-refractivity contribution in [3.05, 3.63) is 11.6 Å². The molecule has 0 bridgehead atoms. The number of ketones is 1. The molecule has 4 heteroatoms. The van der Waals surface area contributed by atoms with Crippen LogP contribution in [0, 0.1) is 40.4 Å². The van der Waals surface area contributed by atoms with Crippen molar-refractivity contribution in [2.24, 2.45) is 40.4 Å². The molecule has 4 unspecified atom stereocenters. The number of fused-ring (bicyclic) bond motifs is 5. The zero-order chi connectivity index (χ0) is 18.8. The van der Waals surface area contributed by atoms with Gasteiger partial charge in [-0.05, 0) is 85.5 Å². The van der Waals surface area contributed by atoms with E-state index in [9.17, 15) is 4.79 Å². The highest BCUT2D eigenvalue weighted by atomic mass is 16.7. The van der Waals surface area contributed by atoms with Gasteiger partial charge in [-0.25, -0.2) is 0 Å². The topological polar surface area (TPSA) is 67.0 Å². The van der Waals surface area contributed by atoms with Crippen molar-refractivity contribution in [2.45, 2.75) is 78.4 Å². The van der Waals surface area contributed by atoms with E-state index in [1.807, 2.05) is 6.08 Å². The molecule has 1 heterocycles. The fourth-order valence-corrected chi connectivity index (χ4v) is 8.33. The molecule has 1 aliphatic heterocycles. The molecule has 5 rings (SSSR count). The van der Waals surface area contributed by atoms with Gasteiger partial charge in [-0.15, -0.1) is 0 Å². The molecule has 0 aromatic rings. The maximum Gasteiger partial charge on any atom is 0.160 e. The van der Waals surface area contributed by atoms with Crippen LogP contribution in [0.5, 0.6) is 0 Å². The van der Waals surface area contributed by atoms with Gasteiger partial charge in [0.25, 0.3) is 0 Å². The summed E-state index contributed by atoms with van der Waals surface area (Å²) in [6.45, 7) is 8.97. The van der Waals surface area contributed by atoms with Crippen LogP contribution in [-0.2, 0) is 14.3 Å². The average molecular weight is 391 g/mol. The molecule has 158 valence electrons. The smallest absolute Gasteiger partial charge is 0.160 e. The van der Waals surface area contributed by atoms with Crippen LogP contribution in [0.15, 0.2) is 11.6 Å². The van der Waals surface area contributed by atoms with Crippen molar-refractivity contribution in [1.82, 2.24) is 0 Å². The average Bonchev–Trinajstić information content (AvgIpc) is 3.29. The first-order valence-corrected chi connectivity index (χ1v) is 11.4. The molecule has 28 heavy (non-hydrogen) atoms. The van der Waals surface area contributed by atoms with Gasteiger partial charge in [0.15, 0.2) is 12.1 Å². The molecule has 0 aromatic heterocycles. The number of carbonyl (C=O) groups is 1. The van der Waals surface area contributed by atoms with Crippen LogP contribution in [0.1, 0.15) is 72.1 Å². The summed E-state index contributed by atoms with van der Waals surface area (Å²) in [7, 11) is 0. The van der Waals surface area contributed by atoms with Crippen molar-refractivity contribution < 1.29 is 19.7 Å². The van der Waals surface area contributed by atoms with Crippen molar-refractivity contribution in [2.75, 3.05) is 13.2 Å². The Morgan fingerprint density at radius 1 is 1.00 bits per heavy atom. The lowest BCUT2D eigenvalue weighted by atomic mass is 9.46. The number of hydrogen-bond donors (Lipinski definition) is 0. The first-order valence-electron chi connectivity index (χ1n) is 11.4. The summed E-state index contributed by atoms with van der Waals surface area (Å²) in [5.41, 5.74) is 2.22. The van der Waals surface area contributed by atoms with E-state index < -0.39 is 0 Å². The summed E-state index contributed by atoms with van der Waals surface area (Å²) in [5, 5.41) is 0. The Kier molecular flexibility index (Phi) is 5.29. The van der Waals surface area contributed by atoms with E-state index in [1.165, 1.54) is 37.7 Å². The molecule has 4 aliphatic carbocycles. The Bertz CT molecular complexity index is 651. The highest BCUT2D eigenvalue weighted by molar-refractivity contribution is 5.91. The van der Waals surface area contributed by atoms with E-state index in [2.05, 4.69) is 20.8 Å². The van der Waals surface area contributed by atoms with Crippen molar-refractivity contribution in [1.29, 1.82) is 0 Å². The normalized spacial score (nSPS) is 46.8. The lowest BCUT2D eigenvalue weighted by Crippen LogP contribution is -2.51. The Morgan fingerprint density at radius 3 is 2.50 bits per heavy atom. The second-order valence-electron chi connectivity index (χ2n) is 10.7. The summed E-state index contributed by atoms with van der Waals surface area (Å²) < 4.78 is 11.8. The first-order chi connectivity index (χ1) is 12.9. The van der Waals surface area contributed by atoms with Crippen LogP contribution in [0.25, 0.3) is 0 Å². The summed E-state index contributed by atoms with van der Waals surface area (Å²) >= 11 is 0. The lowest BCUT2D eigenvalue weighted by Gasteiger charge is -2.58. The van der Waals surface area contributed by atoms with E-state index in [0.717, 1.165) is 56.1 Å². The van der Waals surface area contributed by atoms with E-state index in [0.29, 0.717) is 22.5 Å². The molecule has 1 saturated heterocycles. The standard InChI is InChI=1S/C24H36O3.H2O/c1-15(22-26-12-13-27-22)19-6-7-20-18-5-4-16-14-17(25)8-10-23(16,2)21(18)9-11-24(19,20)3;/h14-15,18-22H,4-13H2,1-3H3;1H2/t15?,18?,19-,20?,21?,23+,24-;/m1./s1. The first kappa shape index (κ1) is 20.6. The Labute approximate surface area is 169 Å². The largest absolute Gasteiger partial charge is 0.412 e.